The molecule has 0 fully saturated rings. The van der Waals surface area contributed by atoms with Gasteiger partial charge in [-0.25, -0.2) is 4.98 Å². The van der Waals surface area contributed by atoms with Crippen LogP contribution in [0.2, 0.25) is 0 Å². The van der Waals surface area contributed by atoms with Crippen LogP contribution in [0.1, 0.15) is 17.2 Å². The summed E-state index contributed by atoms with van der Waals surface area (Å²) in [6, 6.07) is 7.61. The molecular weight excluding hydrogens is 288 g/mol. The molecule has 2 aromatic heterocycles. The van der Waals surface area contributed by atoms with Crippen LogP contribution in [0.25, 0.3) is 11.0 Å². The Morgan fingerprint density at radius 3 is 2.86 bits per heavy atom. The quantitative estimate of drug-likeness (QED) is 0.691. The first-order chi connectivity index (χ1) is 10.2. The van der Waals surface area contributed by atoms with E-state index in [4.69, 9.17) is 16.9 Å². The maximum absolute atomic E-state index is 9.04. The van der Waals surface area contributed by atoms with Gasteiger partial charge in [-0.05, 0) is 18.2 Å². The molecule has 6 nitrogen and oxygen atoms in total. The van der Waals surface area contributed by atoms with Gasteiger partial charge in [-0.2, -0.15) is 5.26 Å². The summed E-state index contributed by atoms with van der Waals surface area (Å²) in [7, 11) is 1.91. The second-order valence-electron chi connectivity index (χ2n) is 4.74. The topological polar surface area (TPSA) is 72.3 Å². The zero-order valence-electron chi connectivity index (χ0n) is 11.5. The lowest BCUT2D eigenvalue weighted by molar-refractivity contribution is 0.645. The number of imidazole rings is 1. The third kappa shape index (κ3) is 2.48. The van der Waals surface area contributed by atoms with Crippen LogP contribution in [0.15, 0.2) is 24.5 Å². The van der Waals surface area contributed by atoms with E-state index in [2.05, 4.69) is 21.3 Å². The predicted octanol–water partition coefficient (Wildman–Crippen LogP) is 2.02. The molecule has 1 aromatic carbocycles. The Bertz CT molecular complexity index is 826. The van der Waals surface area contributed by atoms with E-state index in [1.807, 2.05) is 28.3 Å². The number of halogens is 1. The van der Waals surface area contributed by atoms with Gasteiger partial charge in [0.15, 0.2) is 0 Å². The molecule has 0 unspecified atom stereocenters. The van der Waals surface area contributed by atoms with E-state index in [9.17, 15) is 0 Å². The number of nitrogens with zero attached hydrogens (tertiary/aromatic N) is 6. The molecule has 0 aliphatic carbocycles. The number of hydrogen-bond acceptors (Lipinski definition) is 4. The maximum atomic E-state index is 9.04. The van der Waals surface area contributed by atoms with Gasteiger partial charge in [0, 0.05) is 20.0 Å². The van der Waals surface area contributed by atoms with Crippen LogP contribution < -0.4 is 0 Å². The molecule has 0 N–H and O–H groups in total. The van der Waals surface area contributed by atoms with Crippen molar-refractivity contribution in [2.75, 3.05) is 0 Å². The van der Waals surface area contributed by atoms with Crippen molar-refractivity contribution in [2.24, 2.45) is 7.05 Å². The van der Waals surface area contributed by atoms with Gasteiger partial charge in [0.2, 0.25) is 0 Å². The van der Waals surface area contributed by atoms with Gasteiger partial charge in [-0.15, -0.1) is 21.8 Å². The summed E-state index contributed by atoms with van der Waals surface area (Å²) in [4.78, 5) is 4.51. The molecule has 0 radical (unpaired) electrons. The summed E-state index contributed by atoms with van der Waals surface area (Å²) in [5.74, 6) is 2.02. The minimum atomic E-state index is 0.329. The monoisotopic (exact) mass is 300 g/mol. The zero-order valence-corrected chi connectivity index (χ0v) is 12.2. The number of alkyl halides is 1. The van der Waals surface area contributed by atoms with Crippen LogP contribution in [0, 0.1) is 11.3 Å². The molecule has 0 spiro atoms. The third-order valence-electron chi connectivity index (χ3n) is 3.44. The average Bonchev–Trinajstić information content (AvgIpc) is 3.07. The molecule has 3 rings (SSSR count). The lowest BCUT2D eigenvalue weighted by Gasteiger charge is -2.07. The van der Waals surface area contributed by atoms with Crippen molar-refractivity contribution in [3.63, 3.8) is 0 Å². The third-order valence-corrected chi connectivity index (χ3v) is 3.68. The highest BCUT2D eigenvalue weighted by Gasteiger charge is 2.11. The summed E-state index contributed by atoms with van der Waals surface area (Å²) in [5.41, 5.74) is 2.39. The Labute approximate surface area is 126 Å². The first-order valence-electron chi connectivity index (χ1n) is 6.51. The van der Waals surface area contributed by atoms with E-state index >= 15 is 0 Å². The molecule has 106 valence electrons. The second kappa shape index (κ2) is 5.54. The number of fused-ring (bicyclic) bond motifs is 1. The average molecular weight is 301 g/mol. The Morgan fingerprint density at radius 1 is 1.33 bits per heavy atom. The summed E-state index contributed by atoms with van der Waals surface area (Å²) in [6.07, 6.45) is 2.40. The number of nitriles is 1. The molecule has 2 heterocycles. The first-order valence-corrected chi connectivity index (χ1v) is 7.04. The van der Waals surface area contributed by atoms with Crippen LogP contribution >= 0.6 is 11.6 Å². The van der Waals surface area contributed by atoms with E-state index in [0.29, 0.717) is 18.0 Å². The van der Waals surface area contributed by atoms with Crippen molar-refractivity contribution in [3.8, 4) is 6.07 Å². The van der Waals surface area contributed by atoms with Crippen LogP contribution in [-0.4, -0.2) is 24.3 Å². The van der Waals surface area contributed by atoms with Crippen LogP contribution in [0.5, 0.6) is 0 Å². The Balaban J connectivity index is 1.99. The summed E-state index contributed by atoms with van der Waals surface area (Å²) in [6.45, 7) is 0.694. The first kappa shape index (κ1) is 13.6. The summed E-state index contributed by atoms with van der Waals surface area (Å²) in [5, 5.41) is 17.0. The SMILES string of the molecule is Cn1cnnc1CCn1c(CCl)nc2ccc(C#N)cc21. The summed E-state index contributed by atoms with van der Waals surface area (Å²) < 4.78 is 3.93. The van der Waals surface area contributed by atoms with Crippen molar-refractivity contribution in [3.05, 3.63) is 41.7 Å². The number of hydrogen-bond donors (Lipinski definition) is 0. The van der Waals surface area contributed by atoms with E-state index in [1.165, 1.54) is 0 Å². The van der Waals surface area contributed by atoms with E-state index in [1.54, 1.807) is 12.4 Å². The minimum absolute atomic E-state index is 0.329. The largest absolute Gasteiger partial charge is 0.326 e. The molecule has 3 aromatic rings. The highest BCUT2D eigenvalue weighted by Crippen LogP contribution is 2.19. The highest BCUT2D eigenvalue weighted by molar-refractivity contribution is 6.16. The van der Waals surface area contributed by atoms with Gasteiger partial charge in [0.05, 0.1) is 28.5 Å². The van der Waals surface area contributed by atoms with Gasteiger partial charge >= 0.3 is 0 Å². The predicted molar refractivity (Wildman–Crippen MR) is 78.7 cm³/mol. The number of aryl methyl sites for hydroxylation is 3. The van der Waals surface area contributed by atoms with Crippen molar-refractivity contribution in [2.45, 2.75) is 18.8 Å². The standard InChI is InChI=1S/C14H13ClN6/c1-20-9-17-19-13(20)4-5-21-12-6-10(8-16)2-3-11(12)18-14(21)7-15/h2-3,6,9H,4-5,7H2,1H3. The van der Waals surface area contributed by atoms with Crippen molar-refractivity contribution < 1.29 is 0 Å². The number of aromatic nitrogens is 5. The molecule has 7 heteroatoms. The lowest BCUT2D eigenvalue weighted by Crippen LogP contribution is -2.08. The van der Waals surface area contributed by atoms with Gasteiger partial charge in [-0.1, -0.05) is 0 Å². The van der Waals surface area contributed by atoms with Gasteiger partial charge in [-0.3, -0.25) is 0 Å². The Kier molecular flexibility index (Phi) is 3.59. The molecule has 0 aliphatic rings. The van der Waals surface area contributed by atoms with E-state index in [0.717, 1.165) is 29.1 Å². The zero-order chi connectivity index (χ0) is 14.8. The van der Waals surface area contributed by atoms with Gasteiger partial charge in [0.1, 0.15) is 18.0 Å². The Hall–Kier alpha value is -2.39. The number of rotatable bonds is 4. The van der Waals surface area contributed by atoms with Crippen LogP contribution in [0.3, 0.4) is 0 Å². The molecule has 0 bridgehead atoms. The normalized spacial score (nSPS) is 10.9. The number of benzene rings is 1. The van der Waals surface area contributed by atoms with E-state index < -0.39 is 0 Å². The summed E-state index contributed by atoms with van der Waals surface area (Å²) >= 11 is 5.99. The maximum Gasteiger partial charge on any atom is 0.134 e. The molecule has 0 saturated carbocycles. The van der Waals surface area contributed by atoms with Gasteiger partial charge < -0.3 is 9.13 Å². The fourth-order valence-corrected chi connectivity index (χ4v) is 2.54. The smallest absolute Gasteiger partial charge is 0.134 e. The van der Waals surface area contributed by atoms with Crippen molar-refractivity contribution in [1.29, 1.82) is 5.26 Å². The molecule has 0 atom stereocenters. The van der Waals surface area contributed by atoms with Gasteiger partial charge in [0.25, 0.3) is 0 Å². The minimum Gasteiger partial charge on any atom is -0.326 e. The molecule has 0 amide bonds. The lowest BCUT2D eigenvalue weighted by atomic mass is 10.2. The molecular formula is C14H13ClN6. The van der Waals surface area contributed by atoms with E-state index in [-0.39, 0.29) is 0 Å². The highest BCUT2D eigenvalue weighted by atomic mass is 35.5. The molecule has 0 saturated heterocycles. The van der Waals surface area contributed by atoms with Crippen molar-refractivity contribution >= 4 is 22.6 Å². The van der Waals surface area contributed by atoms with Crippen LogP contribution in [-0.2, 0) is 25.9 Å². The van der Waals surface area contributed by atoms with Crippen molar-refractivity contribution in [1.82, 2.24) is 24.3 Å². The fourth-order valence-electron chi connectivity index (χ4n) is 2.34. The van der Waals surface area contributed by atoms with Crippen LogP contribution in [0.4, 0.5) is 0 Å². The molecule has 0 aliphatic heterocycles. The Morgan fingerprint density at radius 2 is 2.19 bits per heavy atom. The second-order valence-corrected chi connectivity index (χ2v) is 5.00. The fraction of sp³-hybridized carbons (Fsp3) is 0.286. The molecule has 21 heavy (non-hydrogen) atoms.